The molecule has 1 aromatic rings. The predicted octanol–water partition coefficient (Wildman–Crippen LogP) is 2.95. The molecule has 0 bridgehead atoms. The van der Waals surface area contributed by atoms with E-state index in [4.69, 9.17) is 0 Å². The van der Waals surface area contributed by atoms with Gasteiger partial charge >= 0.3 is 0 Å². The topological polar surface area (TPSA) is 28.7 Å². The molecule has 80 valence electrons. The molecule has 0 spiro atoms. The van der Waals surface area contributed by atoms with Gasteiger partial charge in [-0.3, -0.25) is 0 Å². The number of aromatic amines is 1. The van der Waals surface area contributed by atoms with Crippen LogP contribution in [0, 0.1) is 23.7 Å². The Bertz CT molecular complexity index is 354. The number of imidazole rings is 1. The Hall–Kier alpha value is -1.23. The fourth-order valence-electron chi connectivity index (χ4n) is 1.73. The van der Waals surface area contributed by atoms with Crippen LogP contribution in [0.1, 0.15) is 44.7 Å². The highest BCUT2D eigenvalue weighted by molar-refractivity contribution is 5.24. The summed E-state index contributed by atoms with van der Waals surface area (Å²) in [6, 6.07) is 0. The lowest BCUT2D eigenvalue weighted by atomic mass is 10.1. The van der Waals surface area contributed by atoms with Gasteiger partial charge in [0.1, 0.15) is 0 Å². The van der Waals surface area contributed by atoms with Crippen LogP contribution in [0.4, 0.5) is 0 Å². The van der Waals surface area contributed by atoms with Gasteiger partial charge < -0.3 is 4.98 Å². The van der Waals surface area contributed by atoms with Crippen LogP contribution in [0.5, 0.6) is 0 Å². The number of hydrogen-bond donors (Lipinski definition) is 1. The number of hydrogen-bond acceptors (Lipinski definition) is 1. The van der Waals surface area contributed by atoms with E-state index in [1.807, 2.05) is 6.20 Å². The molecule has 0 aliphatic heterocycles. The number of rotatable bonds is 3. The fourth-order valence-corrected chi connectivity index (χ4v) is 1.73. The van der Waals surface area contributed by atoms with Crippen molar-refractivity contribution in [1.82, 2.24) is 9.97 Å². The summed E-state index contributed by atoms with van der Waals surface area (Å²) in [6.07, 6.45) is 7.13. The number of nitrogens with one attached hydrogen (secondary N) is 1. The minimum atomic E-state index is 0.581. The van der Waals surface area contributed by atoms with Crippen molar-refractivity contribution in [3.63, 3.8) is 0 Å². The normalized spacial score (nSPS) is 23.7. The number of nitrogens with zero attached hydrogens (tertiary/aromatic N) is 1. The van der Waals surface area contributed by atoms with Crippen molar-refractivity contribution in [2.24, 2.45) is 11.8 Å². The average Bonchev–Trinajstić information content (AvgIpc) is 2.76. The zero-order valence-electron chi connectivity index (χ0n) is 9.46. The molecule has 0 amide bonds. The molecule has 1 heterocycles. The monoisotopic (exact) mass is 202 g/mol. The molecule has 2 nitrogen and oxygen atoms in total. The van der Waals surface area contributed by atoms with Crippen LogP contribution in [0.25, 0.3) is 0 Å². The Morgan fingerprint density at radius 1 is 1.60 bits per heavy atom. The van der Waals surface area contributed by atoms with Crippen LogP contribution < -0.4 is 0 Å². The highest BCUT2D eigenvalue weighted by Gasteiger charge is 2.37. The van der Waals surface area contributed by atoms with Gasteiger partial charge in [-0.15, -0.1) is 5.92 Å². The van der Waals surface area contributed by atoms with Gasteiger partial charge in [0.05, 0.1) is 6.33 Å². The third-order valence-corrected chi connectivity index (χ3v) is 2.84. The van der Waals surface area contributed by atoms with E-state index in [2.05, 4.69) is 35.7 Å². The van der Waals surface area contributed by atoms with Crippen LogP contribution in [-0.4, -0.2) is 9.97 Å². The molecule has 1 aliphatic carbocycles. The van der Waals surface area contributed by atoms with Crippen molar-refractivity contribution in [3.05, 3.63) is 18.2 Å². The second-order valence-electron chi connectivity index (χ2n) is 4.71. The minimum absolute atomic E-state index is 0.581. The summed E-state index contributed by atoms with van der Waals surface area (Å²) in [5.74, 6) is 8.61. The first-order chi connectivity index (χ1) is 7.27. The van der Waals surface area contributed by atoms with Crippen molar-refractivity contribution in [2.45, 2.75) is 39.0 Å². The van der Waals surface area contributed by atoms with Crippen molar-refractivity contribution >= 4 is 0 Å². The van der Waals surface area contributed by atoms with Gasteiger partial charge in [-0.25, -0.2) is 4.98 Å². The molecule has 15 heavy (non-hydrogen) atoms. The Morgan fingerprint density at radius 2 is 2.47 bits per heavy atom. The van der Waals surface area contributed by atoms with Crippen molar-refractivity contribution < 1.29 is 0 Å². The summed E-state index contributed by atoms with van der Waals surface area (Å²) < 4.78 is 0. The third kappa shape index (κ3) is 2.86. The second-order valence-corrected chi connectivity index (χ2v) is 4.71. The number of aromatic nitrogens is 2. The zero-order valence-corrected chi connectivity index (χ0v) is 9.46. The Kier molecular flexibility index (Phi) is 3.11. The Morgan fingerprint density at radius 3 is 3.13 bits per heavy atom. The van der Waals surface area contributed by atoms with E-state index in [9.17, 15) is 0 Å². The summed E-state index contributed by atoms with van der Waals surface area (Å²) in [5, 5.41) is 0. The molecule has 2 heteroatoms. The van der Waals surface area contributed by atoms with Crippen molar-refractivity contribution in [2.75, 3.05) is 0 Å². The lowest BCUT2D eigenvalue weighted by molar-refractivity contribution is 0.599. The summed E-state index contributed by atoms with van der Waals surface area (Å²) in [5.41, 5.74) is 1.25. The smallest absolute Gasteiger partial charge is 0.0921 e. The van der Waals surface area contributed by atoms with E-state index in [1.165, 1.54) is 18.5 Å². The molecular weight excluding hydrogens is 184 g/mol. The molecule has 2 rings (SSSR count). The predicted molar refractivity (Wildman–Crippen MR) is 61.3 cm³/mol. The molecule has 0 aromatic carbocycles. The first kappa shape index (κ1) is 10.3. The highest BCUT2D eigenvalue weighted by Crippen LogP contribution is 2.45. The van der Waals surface area contributed by atoms with Gasteiger partial charge in [0.2, 0.25) is 0 Å². The first-order valence-electron chi connectivity index (χ1n) is 5.74. The molecule has 2 atom stereocenters. The van der Waals surface area contributed by atoms with Gasteiger partial charge in [0.15, 0.2) is 0 Å². The molecule has 1 saturated carbocycles. The van der Waals surface area contributed by atoms with Crippen LogP contribution in [0.2, 0.25) is 0 Å². The van der Waals surface area contributed by atoms with E-state index in [1.54, 1.807) is 6.33 Å². The summed E-state index contributed by atoms with van der Waals surface area (Å²) in [4.78, 5) is 7.19. The SMILES string of the molecule is CC(C)CCC#C[C@H]1C[C@@H]1c1cnc[nH]1. The number of H-pyrrole nitrogens is 1. The molecule has 0 radical (unpaired) electrons. The van der Waals surface area contributed by atoms with Gasteiger partial charge in [0, 0.05) is 30.1 Å². The highest BCUT2D eigenvalue weighted by atomic mass is 14.9. The summed E-state index contributed by atoms with van der Waals surface area (Å²) in [6.45, 7) is 4.48. The molecule has 0 saturated heterocycles. The molecule has 1 fully saturated rings. The van der Waals surface area contributed by atoms with Crippen LogP contribution >= 0.6 is 0 Å². The molecule has 0 unspecified atom stereocenters. The molecule has 1 aliphatic rings. The maximum absolute atomic E-state index is 4.03. The minimum Gasteiger partial charge on any atom is -0.348 e. The van der Waals surface area contributed by atoms with Crippen LogP contribution in [-0.2, 0) is 0 Å². The largest absolute Gasteiger partial charge is 0.348 e. The van der Waals surface area contributed by atoms with E-state index >= 15 is 0 Å². The van der Waals surface area contributed by atoms with Gasteiger partial charge in [-0.2, -0.15) is 0 Å². The molecule has 1 aromatic heterocycles. The first-order valence-corrected chi connectivity index (χ1v) is 5.74. The Balaban J connectivity index is 1.75. The second kappa shape index (κ2) is 4.53. The average molecular weight is 202 g/mol. The standard InChI is InChI=1S/C13H18N2/c1-10(2)5-3-4-6-11-7-12(11)13-8-14-9-15-13/h8-12H,3,5,7H2,1-2H3,(H,14,15)/t11-,12-/m0/s1. The van der Waals surface area contributed by atoms with E-state index in [-0.39, 0.29) is 0 Å². The van der Waals surface area contributed by atoms with E-state index < -0.39 is 0 Å². The van der Waals surface area contributed by atoms with E-state index in [0.717, 1.165) is 12.3 Å². The van der Waals surface area contributed by atoms with Gasteiger partial charge in [-0.1, -0.05) is 19.8 Å². The fraction of sp³-hybridized carbons (Fsp3) is 0.615. The third-order valence-electron chi connectivity index (χ3n) is 2.84. The molecular formula is C13H18N2. The van der Waals surface area contributed by atoms with Gasteiger partial charge in [0.25, 0.3) is 0 Å². The van der Waals surface area contributed by atoms with Crippen molar-refractivity contribution in [3.8, 4) is 11.8 Å². The Labute approximate surface area is 91.5 Å². The summed E-state index contributed by atoms with van der Waals surface area (Å²) in [7, 11) is 0. The van der Waals surface area contributed by atoms with Crippen molar-refractivity contribution in [1.29, 1.82) is 0 Å². The lowest BCUT2D eigenvalue weighted by Crippen LogP contribution is -1.84. The van der Waals surface area contributed by atoms with E-state index in [0.29, 0.717) is 11.8 Å². The summed E-state index contributed by atoms with van der Waals surface area (Å²) >= 11 is 0. The van der Waals surface area contributed by atoms with Gasteiger partial charge in [-0.05, 0) is 18.8 Å². The maximum atomic E-state index is 4.03. The quantitative estimate of drug-likeness (QED) is 0.750. The zero-order chi connectivity index (χ0) is 10.7. The lowest BCUT2D eigenvalue weighted by Gasteiger charge is -1.96. The van der Waals surface area contributed by atoms with Crippen LogP contribution in [0.3, 0.4) is 0 Å². The maximum Gasteiger partial charge on any atom is 0.0921 e. The van der Waals surface area contributed by atoms with Crippen LogP contribution in [0.15, 0.2) is 12.5 Å². The molecule has 1 N–H and O–H groups in total.